The molecule has 0 unspecified atom stereocenters. The second-order valence-corrected chi connectivity index (χ2v) is 3.13. The van der Waals surface area contributed by atoms with Crippen molar-refractivity contribution < 1.29 is 17.9 Å². The summed E-state index contributed by atoms with van der Waals surface area (Å²) in [6.45, 7) is -1.50. The predicted molar refractivity (Wildman–Crippen MR) is 45.2 cm³/mol. The zero-order chi connectivity index (χ0) is 10.6. The van der Waals surface area contributed by atoms with Gasteiger partial charge in [0.05, 0.1) is 0 Å². The van der Waals surface area contributed by atoms with Crippen molar-refractivity contribution in [1.29, 1.82) is 0 Å². The summed E-state index contributed by atoms with van der Waals surface area (Å²) in [5, 5.41) is 3.27. The minimum atomic E-state index is -4.30. The van der Waals surface area contributed by atoms with Gasteiger partial charge in [0.25, 0.3) is 0 Å². The fourth-order valence-electron chi connectivity index (χ4n) is 0.672. The van der Waals surface area contributed by atoms with E-state index in [1.165, 1.54) is 0 Å². The predicted octanol–water partition coefficient (Wildman–Crippen LogP) is 1.66. The van der Waals surface area contributed by atoms with Gasteiger partial charge in [-0.25, -0.2) is 4.98 Å². The van der Waals surface area contributed by atoms with Gasteiger partial charge in [-0.3, -0.25) is 0 Å². The van der Waals surface area contributed by atoms with Crippen LogP contribution < -0.4 is 5.32 Å². The number of anilines is 1. The first-order valence-corrected chi connectivity index (χ1v) is 4.43. The summed E-state index contributed by atoms with van der Waals surface area (Å²) in [5.41, 5.74) is 0. The minimum Gasteiger partial charge on any atom is -0.364 e. The lowest BCUT2D eigenvalue weighted by Gasteiger charge is -2.04. The number of nitrogens with one attached hydrogen (secondary N) is 1. The van der Waals surface area contributed by atoms with Gasteiger partial charge in [0.2, 0.25) is 5.13 Å². The van der Waals surface area contributed by atoms with E-state index in [1.54, 1.807) is 7.05 Å². The van der Waals surface area contributed by atoms with Crippen molar-refractivity contribution in [2.45, 2.75) is 12.8 Å². The van der Waals surface area contributed by atoms with Crippen molar-refractivity contribution in [3.8, 4) is 0 Å². The van der Waals surface area contributed by atoms with Crippen LogP contribution in [0.5, 0.6) is 0 Å². The second-order valence-electron chi connectivity index (χ2n) is 2.37. The van der Waals surface area contributed by atoms with E-state index in [0.717, 1.165) is 11.5 Å². The summed E-state index contributed by atoms with van der Waals surface area (Å²) in [6, 6.07) is 0. The van der Waals surface area contributed by atoms with E-state index in [9.17, 15) is 13.2 Å². The van der Waals surface area contributed by atoms with Crippen molar-refractivity contribution in [3.63, 3.8) is 0 Å². The molecular formula is C6H8F3N3OS. The van der Waals surface area contributed by atoms with E-state index in [1.807, 2.05) is 0 Å². The molecule has 4 nitrogen and oxygen atoms in total. The van der Waals surface area contributed by atoms with E-state index >= 15 is 0 Å². The van der Waals surface area contributed by atoms with E-state index in [-0.39, 0.29) is 12.4 Å². The monoisotopic (exact) mass is 227 g/mol. The first-order chi connectivity index (χ1) is 6.51. The van der Waals surface area contributed by atoms with Crippen LogP contribution in [0.25, 0.3) is 0 Å². The van der Waals surface area contributed by atoms with Gasteiger partial charge in [0.1, 0.15) is 13.2 Å². The zero-order valence-electron chi connectivity index (χ0n) is 7.26. The fraction of sp³-hybridized carbons (Fsp3) is 0.667. The number of halogens is 3. The second kappa shape index (κ2) is 4.56. The molecule has 0 atom stereocenters. The van der Waals surface area contributed by atoms with E-state index < -0.39 is 12.8 Å². The van der Waals surface area contributed by atoms with Gasteiger partial charge in [-0.1, -0.05) is 0 Å². The Balaban J connectivity index is 2.31. The zero-order valence-corrected chi connectivity index (χ0v) is 8.08. The molecule has 0 saturated heterocycles. The van der Waals surface area contributed by atoms with Crippen molar-refractivity contribution in [2.75, 3.05) is 19.0 Å². The number of nitrogens with zero attached hydrogens (tertiary/aromatic N) is 2. The lowest BCUT2D eigenvalue weighted by Crippen LogP contribution is -2.16. The standard InChI is InChI=1S/C6H8F3N3OS/c1-10-5-11-4(12-14-5)2-13-3-6(7,8)9/h2-3H2,1H3,(H,10,11,12). The van der Waals surface area contributed by atoms with Crippen molar-refractivity contribution in [3.05, 3.63) is 5.82 Å². The SMILES string of the molecule is CNc1nc(COCC(F)(F)F)ns1. The van der Waals surface area contributed by atoms with Gasteiger partial charge in [-0.2, -0.15) is 17.5 Å². The molecule has 14 heavy (non-hydrogen) atoms. The number of hydrogen-bond acceptors (Lipinski definition) is 5. The van der Waals surface area contributed by atoms with Crippen LogP contribution in [-0.2, 0) is 11.3 Å². The van der Waals surface area contributed by atoms with Gasteiger partial charge in [0, 0.05) is 18.6 Å². The number of hydrogen-bond donors (Lipinski definition) is 1. The molecule has 0 fully saturated rings. The van der Waals surface area contributed by atoms with E-state index in [2.05, 4.69) is 19.4 Å². The Bertz CT molecular complexity index is 288. The Hall–Kier alpha value is -0.890. The highest BCUT2D eigenvalue weighted by atomic mass is 32.1. The normalized spacial score (nSPS) is 11.7. The van der Waals surface area contributed by atoms with Gasteiger partial charge >= 0.3 is 6.18 Å². The van der Waals surface area contributed by atoms with E-state index in [0.29, 0.717) is 5.13 Å². The molecule has 0 saturated carbocycles. The van der Waals surface area contributed by atoms with Gasteiger partial charge in [-0.15, -0.1) is 0 Å². The summed E-state index contributed by atoms with van der Waals surface area (Å²) < 4.78 is 43.1. The Morgan fingerprint density at radius 2 is 2.21 bits per heavy atom. The van der Waals surface area contributed by atoms with E-state index in [4.69, 9.17) is 0 Å². The number of aromatic nitrogens is 2. The minimum absolute atomic E-state index is 0.225. The average Bonchev–Trinajstić information content (AvgIpc) is 2.50. The highest BCUT2D eigenvalue weighted by Gasteiger charge is 2.27. The summed E-state index contributed by atoms with van der Waals surface area (Å²) in [4.78, 5) is 3.85. The Morgan fingerprint density at radius 3 is 2.71 bits per heavy atom. The molecule has 0 aromatic carbocycles. The van der Waals surface area contributed by atoms with Crippen LogP contribution in [-0.4, -0.2) is 29.2 Å². The maximum absolute atomic E-state index is 11.7. The first kappa shape index (κ1) is 11.2. The van der Waals surface area contributed by atoms with Crippen LogP contribution in [0.15, 0.2) is 0 Å². The molecule has 0 aliphatic carbocycles. The van der Waals surface area contributed by atoms with Crippen LogP contribution in [0, 0.1) is 0 Å². The van der Waals surface area contributed by atoms with Crippen molar-refractivity contribution >= 4 is 16.7 Å². The lowest BCUT2D eigenvalue weighted by molar-refractivity contribution is -0.177. The molecule has 1 aromatic heterocycles. The molecule has 8 heteroatoms. The molecule has 0 radical (unpaired) electrons. The molecule has 1 N–H and O–H groups in total. The van der Waals surface area contributed by atoms with Crippen LogP contribution >= 0.6 is 11.5 Å². The molecule has 0 aliphatic heterocycles. The molecule has 0 aliphatic rings. The highest BCUT2D eigenvalue weighted by molar-refractivity contribution is 7.09. The largest absolute Gasteiger partial charge is 0.411 e. The molecule has 0 amide bonds. The van der Waals surface area contributed by atoms with Gasteiger partial charge < -0.3 is 10.1 Å². The van der Waals surface area contributed by atoms with Gasteiger partial charge in [0.15, 0.2) is 5.82 Å². The Labute approximate surface area is 82.3 Å². The Morgan fingerprint density at radius 1 is 1.50 bits per heavy atom. The maximum Gasteiger partial charge on any atom is 0.411 e. The van der Waals surface area contributed by atoms with Crippen LogP contribution in [0.1, 0.15) is 5.82 Å². The molecule has 80 valence electrons. The third-order valence-electron chi connectivity index (χ3n) is 1.18. The summed E-state index contributed by atoms with van der Waals surface area (Å²) in [6.07, 6.45) is -4.30. The lowest BCUT2D eigenvalue weighted by atomic mass is 10.6. The fourth-order valence-corrected chi connectivity index (χ4v) is 1.20. The summed E-state index contributed by atoms with van der Waals surface area (Å²) >= 11 is 1.07. The van der Waals surface area contributed by atoms with Crippen LogP contribution in [0.3, 0.4) is 0 Å². The molecule has 1 rings (SSSR count). The molecule has 1 heterocycles. The number of rotatable bonds is 4. The molecule has 0 spiro atoms. The quantitative estimate of drug-likeness (QED) is 0.849. The topological polar surface area (TPSA) is 47.0 Å². The molecule has 1 aromatic rings. The summed E-state index contributed by atoms with van der Waals surface area (Å²) in [7, 11) is 1.65. The number of ether oxygens (including phenoxy) is 1. The van der Waals surface area contributed by atoms with Crippen molar-refractivity contribution in [2.24, 2.45) is 0 Å². The average molecular weight is 227 g/mol. The summed E-state index contributed by atoms with van der Waals surface area (Å²) in [5.74, 6) is 0.253. The molecule has 0 bridgehead atoms. The Kier molecular flexibility index (Phi) is 3.64. The number of alkyl halides is 3. The smallest absolute Gasteiger partial charge is 0.364 e. The van der Waals surface area contributed by atoms with Crippen LogP contribution in [0.2, 0.25) is 0 Å². The molecular weight excluding hydrogens is 219 g/mol. The first-order valence-electron chi connectivity index (χ1n) is 3.66. The van der Waals surface area contributed by atoms with Gasteiger partial charge in [-0.05, 0) is 0 Å². The van der Waals surface area contributed by atoms with Crippen LogP contribution in [0.4, 0.5) is 18.3 Å². The highest BCUT2D eigenvalue weighted by Crippen LogP contribution is 2.16. The van der Waals surface area contributed by atoms with Crippen molar-refractivity contribution in [1.82, 2.24) is 9.36 Å². The maximum atomic E-state index is 11.7. The third-order valence-corrected chi connectivity index (χ3v) is 1.95. The third kappa shape index (κ3) is 3.88.